The van der Waals surface area contributed by atoms with E-state index in [4.69, 9.17) is 9.47 Å². The molecule has 0 bridgehead atoms. The molecule has 178 valence electrons. The summed E-state index contributed by atoms with van der Waals surface area (Å²) in [4.78, 5) is 25.5. The molecule has 2 amide bonds. The third kappa shape index (κ3) is 5.95. The van der Waals surface area contributed by atoms with E-state index in [2.05, 4.69) is 10.6 Å². The molecule has 33 heavy (non-hydrogen) atoms. The molecule has 1 heterocycles. The van der Waals surface area contributed by atoms with E-state index in [0.29, 0.717) is 41.7 Å². The number of hydrogen-bond donors (Lipinski definition) is 2. The Balaban J connectivity index is 1.83. The number of fused-ring (bicyclic) bond motifs is 1. The molecule has 0 spiro atoms. The van der Waals surface area contributed by atoms with Crippen molar-refractivity contribution in [1.29, 1.82) is 0 Å². The Morgan fingerprint density at radius 1 is 1.06 bits per heavy atom. The Labute approximate surface area is 194 Å². The van der Waals surface area contributed by atoms with Crippen molar-refractivity contribution in [2.45, 2.75) is 33.2 Å². The number of amides is 2. The van der Waals surface area contributed by atoms with E-state index in [1.165, 1.54) is 6.92 Å². The van der Waals surface area contributed by atoms with Crippen molar-refractivity contribution >= 4 is 33.2 Å². The van der Waals surface area contributed by atoms with E-state index >= 15 is 0 Å². The Hall–Kier alpha value is -3.27. The fourth-order valence-electron chi connectivity index (χ4n) is 3.21. The van der Waals surface area contributed by atoms with Gasteiger partial charge in [-0.1, -0.05) is 19.1 Å². The maximum atomic E-state index is 12.9. The minimum atomic E-state index is -3.78. The molecule has 0 aliphatic carbocycles. The summed E-state index contributed by atoms with van der Waals surface area (Å²) >= 11 is 0. The minimum Gasteiger partial charge on any atom is -0.486 e. The van der Waals surface area contributed by atoms with E-state index in [1.807, 2.05) is 13.8 Å². The maximum absolute atomic E-state index is 12.9. The third-order valence-electron chi connectivity index (χ3n) is 5.24. The molecule has 2 N–H and O–H groups in total. The van der Waals surface area contributed by atoms with Gasteiger partial charge < -0.3 is 20.1 Å². The monoisotopic (exact) mass is 475 g/mol. The molecule has 1 aliphatic rings. The SMILES string of the molecule is CC[C@@H](C)NC(=O)c1ccccc1NC(=O)CN(c1ccc2c(c1)OCCO2)S(=O)(=O)CC. The maximum Gasteiger partial charge on any atom is 0.253 e. The van der Waals surface area contributed by atoms with Gasteiger partial charge in [0, 0.05) is 12.1 Å². The van der Waals surface area contributed by atoms with Crippen molar-refractivity contribution < 1.29 is 27.5 Å². The zero-order valence-electron chi connectivity index (χ0n) is 19.0. The van der Waals surface area contributed by atoms with Crippen LogP contribution in [0.2, 0.25) is 0 Å². The highest BCUT2D eigenvalue weighted by Gasteiger charge is 2.26. The fraction of sp³-hybridized carbons (Fsp3) is 0.391. The number of para-hydroxylation sites is 1. The van der Waals surface area contributed by atoms with Crippen LogP contribution in [0.4, 0.5) is 11.4 Å². The Bertz CT molecular complexity index is 1120. The predicted octanol–water partition coefficient (Wildman–Crippen LogP) is 2.78. The molecule has 0 aromatic heterocycles. The van der Waals surface area contributed by atoms with Gasteiger partial charge in [-0.15, -0.1) is 0 Å². The van der Waals surface area contributed by atoms with Crippen LogP contribution in [-0.4, -0.2) is 51.8 Å². The number of carbonyl (C=O) groups is 2. The molecule has 3 rings (SSSR count). The van der Waals surface area contributed by atoms with Crippen LogP contribution in [0.3, 0.4) is 0 Å². The number of sulfonamides is 1. The van der Waals surface area contributed by atoms with Crippen molar-refractivity contribution in [2.24, 2.45) is 0 Å². The quantitative estimate of drug-likeness (QED) is 0.577. The second kappa shape index (κ2) is 10.6. The number of ether oxygens (including phenoxy) is 2. The van der Waals surface area contributed by atoms with E-state index < -0.39 is 22.5 Å². The van der Waals surface area contributed by atoms with Gasteiger partial charge in [0.2, 0.25) is 15.9 Å². The second-order valence-corrected chi connectivity index (χ2v) is 9.79. The Morgan fingerprint density at radius 3 is 2.45 bits per heavy atom. The first kappa shape index (κ1) is 24.4. The molecule has 1 atom stereocenters. The number of anilines is 2. The molecule has 0 saturated heterocycles. The molecular weight excluding hydrogens is 446 g/mol. The van der Waals surface area contributed by atoms with E-state index in [9.17, 15) is 18.0 Å². The predicted molar refractivity (Wildman–Crippen MR) is 127 cm³/mol. The first-order valence-electron chi connectivity index (χ1n) is 10.8. The molecule has 2 aromatic rings. The van der Waals surface area contributed by atoms with Gasteiger partial charge in [0.25, 0.3) is 5.91 Å². The van der Waals surface area contributed by atoms with E-state index in [0.717, 1.165) is 10.7 Å². The van der Waals surface area contributed by atoms with Gasteiger partial charge in [-0.2, -0.15) is 0 Å². The molecular formula is C23H29N3O6S. The van der Waals surface area contributed by atoms with Crippen LogP contribution in [0.15, 0.2) is 42.5 Å². The molecule has 10 heteroatoms. The smallest absolute Gasteiger partial charge is 0.253 e. The summed E-state index contributed by atoms with van der Waals surface area (Å²) in [5, 5.41) is 5.55. The number of carbonyl (C=O) groups excluding carboxylic acids is 2. The van der Waals surface area contributed by atoms with Gasteiger partial charge in [0.05, 0.1) is 22.7 Å². The summed E-state index contributed by atoms with van der Waals surface area (Å²) in [7, 11) is -3.78. The van der Waals surface area contributed by atoms with Gasteiger partial charge in [0.15, 0.2) is 11.5 Å². The third-order valence-corrected chi connectivity index (χ3v) is 6.98. The highest BCUT2D eigenvalue weighted by Crippen LogP contribution is 2.34. The van der Waals surface area contributed by atoms with Crippen LogP contribution >= 0.6 is 0 Å². The Morgan fingerprint density at radius 2 is 1.76 bits per heavy atom. The van der Waals surface area contributed by atoms with Crippen molar-refractivity contribution in [2.75, 3.05) is 35.1 Å². The first-order chi connectivity index (χ1) is 15.7. The van der Waals surface area contributed by atoms with Gasteiger partial charge in [0.1, 0.15) is 19.8 Å². The topological polar surface area (TPSA) is 114 Å². The highest BCUT2D eigenvalue weighted by atomic mass is 32.2. The number of benzene rings is 2. The molecule has 0 saturated carbocycles. The minimum absolute atomic E-state index is 0.0262. The standard InChI is InChI=1S/C23H29N3O6S/c1-4-16(3)24-23(28)18-8-6-7-9-19(18)25-22(27)15-26(33(29,30)5-2)17-10-11-20-21(14-17)32-13-12-31-20/h6-11,14,16H,4-5,12-13,15H2,1-3H3,(H,24,28)(H,25,27)/t16-/m1/s1. The first-order valence-corrected chi connectivity index (χ1v) is 12.5. The van der Waals surface area contributed by atoms with Gasteiger partial charge in [-0.05, 0) is 44.5 Å². The fourth-order valence-corrected chi connectivity index (χ4v) is 4.27. The van der Waals surface area contributed by atoms with Crippen molar-refractivity contribution in [1.82, 2.24) is 5.32 Å². The summed E-state index contributed by atoms with van der Waals surface area (Å²) < 4.78 is 37.7. The molecule has 0 radical (unpaired) electrons. The second-order valence-electron chi connectivity index (χ2n) is 7.61. The summed E-state index contributed by atoms with van der Waals surface area (Å²) in [5.41, 5.74) is 0.897. The van der Waals surface area contributed by atoms with Crippen molar-refractivity contribution in [3.8, 4) is 11.5 Å². The van der Waals surface area contributed by atoms with Gasteiger partial charge in [-0.3, -0.25) is 13.9 Å². The summed E-state index contributed by atoms with van der Waals surface area (Å²) in [5.74, 6) is -0.147. The van der Waals surface area contributed by atoms with Crippen LogP contribution in [0.25, 0.3) is 0 Å². The lowest BCUT2D eigenvalue weighted by molar-refractivity contribution is -0.114. The van der Waals surface area contributed by atoms with E-state index in [1.54, 1.807) is 42.5 Å². The zero-order chi connectivity index (χ0) is 24.0. The average Bonchev–Trinajstić information content (AvgIpc) is 2.82. The summed E-state index contributed by atoms with van der Waals surface area (Å²) in [6, 6.07) is 11.3. The molecule has 9 nitrogen and oxygen atoms in total. The number of rotatable bonds is 9. The van der Waals surface area contributed by atoms with Crippen LogP contribution in [0, 0.1) is 0 Å². The van der Waals surface area contributed by atoms with Crippen LogP contribution in [0.5, 0.6) is 11.5 Å². The van der Waals surface area contributed by atoms with Crippen LogP contribution in [0.1, 0.15) is 37.6 Å². The number of nitrogens with one attached hydrogen (secondary N) is 2. The summed E-state index contributed by atoms with van der Waals surface area (Å²) in [6.45, 7) is 5.66. The largest absolute Gasteiger partial charge is 0.486 e. The molecule has 2 aromatic carbocycles. The molecule has 1 aliphatic heterocycles. The van der Waals surface area contributed by atoms with Gasteiger partial charge >= 0.3 is 0 Å². The lowest BCUT2D eigenvalue weighted by Crippen LogP contribution is -2.39. The number of nitrogens with zero attached hydrogens (tertiary/aromatic N) is 1. The number of hydrogen-bond acceptors (Lipinski definition) is 6. The zero-order valence-corrected chi connectivity index (χ0v) is 19.8. The lowest BCUT2D eigenvalue weighted by Gasteiger charge is -2.26. The Kier molecular flexibility index (Phi) is 7.80. The van der Waals surface area contributed by atoms with Crippen LogP contribution in [-0.2, 0) is 14.8 Å². The lowest BCUT2D eigenvalue weighted by atomic mass is 10.1. The molecule has 0 fully saturated rings. The average molecular weight is 476 g/mol. The van der Waals surface area contributed by atoms with Crippen LogP contribution < -0.4 is 24.4 Å². The molecule has 0 unspecified atom stereocenters. The van der Waals surface area contributed by atoms with Gasteiger partial charge in [-0.25, -0.2) is 8.42 Å². The normalized spacial score (nSPS) is 13.7. The summed E-state index contributed by atoms with van der Waals surface area (Å²) in [6.07, 6.45) is 0.764. The van der Waals surface area contributed by atoms with E-state index in [-0.39, 0.29) is 17.7 Å². The highest BCUT2D eigenvalue weighted by molar-refractivity contribution is 7.92. The van der Waals surface area contributed by atoms with Crippen molar-refractivity contribution in [3.05, 3.63) is 48.0 Å². The van der Waals surface area contributed by atoms with Crippen molar-refractivity contribution in [3.63, 3.8) is 0 Å².